The molecule has 9 rings (SSSR count). The van der Waals surface area contributed by atoms with Gasteiger partial charge in [-0.05, 0) is 80.9 Å². The van der Waals surface area contributed by atoms with Crippen LogP contribution >= 0.6 is 0 Å². The highest BCUT2D eigenvalue weighted by molar-refractivity contribution is 6.09. The van der Waals surface area contributed by atoms with E-state index in [4.69, 9.17) is 0 Å². The van der Waals surface area contributed by atoms with E-state index in [0.29, 0.717) is 0 Å². The Morgan fingerprint density at radius 3 is 1.69 bits per heavy atom. The van der Waals surface area contributed by atoms with Gasteiger partial charge in [-0.3, -0.25) is 0 Å². The van der Waals surface area contributed by atoms with Gasteiger partial charge in [-0.1, -0.05) is 153 Å². The van der Waals surface area contributed by atoms with E-state index in [2.05, 4.69) is 206 Å². The number of nitrogens with zero attached hydrogens (tertiary/aromatic N) is 2. The van der Waals surface area contributed by atoms with Gasteiger partial charge in [0, 0.05) is 22.2 Å². The quantitative estimate of drug-likeness (QED) is 0.187. The first-order chi connectivity index (χ1) is 24.1. The summed E-state index contributed by atoms with van der Waals surface area (Å²) >= 11 is 0. The Morgan fingerprint density at radius 2 is 0.959 bits per heavy atom. The summed E-state index contributed by atoms with van der Waals surface area (Å²) in [5, 5.41) is 4.93. The third kappa shape index (κ3) is 4.63. The van der Waals surface area contributed by atoms with Gasteiger partial charge in [-0.25, -0.2) is 0 Å². The Balaban J connectivity index is 1.40. The second-order valence-corrected chi connectivity index (χ2v) is 13.4. The molecular weight excluding hydrogens is 593 g/mol. The van der Waals surface area contributed by atoms with Crippen molar-refractivity contribution in [3.8, 4) is 11.1 Å². The summed E-state index contributed by atoms with van der Waals surface area (Å²) in [4.78, 5) is 4.94. The van der Waals surface area contributed by atoms with E-state index in [1.807, 2.05) is 0 Å². The van der Waals surface area contributed by atoms with Crippen LogP contribution in [0.25, 0.3) is 32.7 Å². The second-order valence-electron chi connectivity index (χ2n) is 13.4. The topological polar surface area (TPSA) is 6.48 Å². The van der Waals surface area contributed by atoms with Crippen molar-refractivity contribution in [2.24, 2.45) is 0 Å². The van der Waals surface area contributed by atoms with Gasteiger partial charge >= 0.3 is 0 Å². The Labute approximate surface area is 288 Å². The molecule has 8 aromatic carbocycles. The zero-order valence-corrected chi connectivity index (χ0v) is 27.7. The summed E-state index contributed by atoms with van der Waals surface area (Å²) in [6.45, 7) is 4.78. The molecule has 0 amide bonds. The minimum atomic E-state index is -0.265. The molecule has 0 fully saturated rings. The number of fused-ring (bicyclic) bond motifs is 4. The Bertz CT molecular complexity index is 2430. The molecule has 1 aliphatic rings. The normalized spacial score (nSPS) is 13.2. The van der Waals surface area contributed by atoms with Crippen LogP contribution < -0.4 is 9.80 Å². The van der Waals surface area contributed by atoms with Crippen molar-refractivity contribution >= 4 is 55.7 Å². The van der Waals surface area contributed by atoms with Crippen molar-refractivity contribution in [3.63, 3.8) is 0 Å². The van der Waals surface area contributed by atoms with Crippen LogP contribution in [0.15, 0.2) is 182 Å². The van der Waals surface area contributed by atoms with Crippen molar-refractivity contribution in [2.75, 3.05) is 9.80 Å². The Morgan fingerprint density at radius 1 is 0.429 bits per heavy atom. The van der Waals surface area contributed by atoms with Gasteiger partial charge < -0.3 is 9.80 Å². The van der Waals surface area contributed by atoms with Gasteiger partial charge in [0.25, 0.3) is 0 Å². The van der Waals surface area contributed by atoms with Crippen LogP contribution in [-0.4, -0.2) is 0 Å². The minimum absolute atomic E-state index is 0.265. The maximum atomic E-state index is 2.54. The molecule has 0 aliphatic carbocycles. The zero-order valence-electron chi connectivity index (χ0n) is 27.7. The first-order valence-electron chi connectivity index (χ1n) is 17.0. The molecule has 0 atom stereocenters. The van der Waals surface area contributed by atoms with Gasteiger partial charge in [0.2, 0.25) is 0 Å². The number of benzene rings is 8. The van der Waals surface area contributed by atoms with E-state index < -0.39 is 0 Å². The predicted molar refractivity (Wildman–Crippen MR) is 208 cm³/mol. The van der Waals surface area contributed by atoms with E-state index in [1.54, 1.807) is 0 Å². The summed E-state index contributed by atoms with van der Waals surface area (Å²) in [6, 6.07) is 66.1. The van der Waals surface area contributed by atoms with Crippen LogP contribution in [0.4, 0.5) is 34.1 Å². The fourth-order valence-electron chi connectivity index (χ4n) is 8.01. The SMILES string of the molecule is CC1(C)c2ccccc2N(c2c(N(c3ccccc3)c3ccccc3)ccc3ccccc23)c2cccc(-c3cccc4ccccc34)c21. The number of anilines is 6. The molecular formula is C47H36N2. The number of hydrogen-bond donors (Lipinski definition) is 0. The lowest BCUT2D eigenvalue weighted by atomic mass is 9.70. The summed E-state index contributed by atoms with van der Waals surface area (Å²) in [6.07, 6.45) is 0. The van der Waals surface area contributed by atoms with Crippen LogP contribution in [0, 0.1) is 0 Å². The second kappa shape index (κ2) is 11.5. The molecule has 0 unspecified atom stereocenters. The first-order valence-corrected chi connectivity index (χ1v) is 17.0. The van der Waals surface area contributed by atoms with E-state index in [0.717, 1.165) is 22.7 Å². The fourth-order valence-corrected chi connectivity index (χ4v) is 8.01. The molecule has 1 aliphatic heterocycles. The van der Waals surface area contributed by atoms with Crippen LogP contribution in [0.1, 0.15) is 25.0 Å². The van der Waals surface area contributed by atoms with Crippen LogP contribution in [0.5, 0.6) is 0 Å². The molecule has 2 heteroatoms. The molecule has 0 bridgehead atoms. The molecule has 234 valence electrons. The summed E-state index contributed by atoms with van der Waals surface area (Å²) in [5.41, 5.74) is 11.8. The molecule has 49 heavy (non-hydrogen) atoms. The lowest BCUT2D eigenvalue weighted by Crippen LogP contribution is -2.32. The molecule has 0 aromatic heterocycles. The highest BCUT2D eigenvalue weighted by atomic mass is 15.2. The molecule has 0 radical (unpaired) electrons. The molecule has 8 aromatic rings. The average Bonchev–Trinajstić information content (AvgIpc) is 3.16. The predicted octanol–water partition coefficient (Wildman–Crippen LogP) is 13.2. The van der Waals surface area contributed by atoms with Crippen LogP contribution in [0.3, 0.4) is 0 Å². The molecule has 0 saturated heterocycles. The van der Waals surface area contributed by atoms with E-state index >= 15 is 0 Å². The Kier molecular flexibility index (Phi) is 6.84. The van der Waals surface area contributed by atoms with Gasteiger partial charge in [-0.2, -0.15) is 0 Å². The van der Waals surface area contributed by atoms with Crippen molar-refractivity contribution in [1.82, 2.24) is 0 Å². The molecule has 2 nitrogen and oxygen atoms in total. The maximum absolute atomic E-state index is 2.54. The third-order valence-corrected chi connectivity index (χ3v) is 10.2. The van der Waals surface area contributed by atoms with Gasteiger partial charge in [0.15, 0.2) is 0 Å². The first kappa shape index (κ1) is 29.1. The van der Waals surface area contributed by atoms with Gasteiger partial charge in [0.05, 0.1) is 22.7 Å². The number of hydrogen-bond acceptors (Lipinski definition) is 2. The van der Waals surface area contributed by atoms with Crippen LogP contribution in [0.2, 0.25) is 0 Å². The lowest BCUT2D eigenvalue weighted by Gasteiger charge is -2.44. The summed E-state index contributed by atoms with van der Waals surface area (Å²) in [5.74, 6) is 0. The zero-order chi connectivity index (χ0) is 33.0. The highest BCUT2D eigenvalue weighted by Crippen LogP contribution is 2.58. The smallest absolute Gasteiger partial charge is 0.0781 e. The minimum Gasteiger partial charge on any atom is -0.308 e. The molecule has 0 saturated carbocycles. The highest BCUT2D eigenvalue weighted by Gasteiger charge is 2.40. The fraction of sp³-hybridized carbons (Fsp3) is 0.0638. The third-order valence-electron chi connectivity index (χ3n) is 10.2. The maximum Gasteiger partial charge on any atom is 0.0781 e. The van der Waals surface area contributed by atoms with Gasteiger partial charge in [0.1, 0.15) is 0 Å². The summed E-state index contributed by atoms with van der Waals surface area (Å²) in [7, 11) is 0. The van der Waals surface area contributed by atoms with Crippen molar-refractivity contribution in [1.29, 1.82) is 0 Å². The lowest BCUT2D eigenvalue weighted by molar-refractivity contribution is 0.634. The average molecular weight is 629 g/mol. The largest absolute Gasteiger partial charge is 0.308 e. The van der Waals surface area contributed by atoms with Gasteiger partial charge in [-0.15, -0.1) is 0 Å². The van der Waals surface area contributed by atoms with Crippen LogP contribution in [-0.2, 0) is 5.41 Å². The Hall–Kier alpha value is -6.12. The number of para-hydroxylation sites is 3. The van der Waals surface area contributed by atoms with Crippen molar-refractivity contribution in [3.05, 3.63) is 193 Å². The van der Waals surface area contributed by atoms with Crippen molar-refractivity contribution in [2.45, 2.75) is 19.3 Å². The number of rotatable bonds is 5. The standard InChI is InChI=1S/C47H36N2/c1-47(2)41-28-13-14-29-42(41)49(43-30-16-27-40(45(43)47)39-26-15-19-33-17-9-11-24-37(33)39)46-38-25-12-10-18-34(38)31-32-44(46)48(35-20-5-3-6-21-35)36-22-7-4-8-23-36/h3-32H,1-2H3. The monoisotopic (exact) mass is 628 g/mol. The van der Waals surface area contributed by atoms with Crippen molar-refractivity contribution < 1.29 is 0 Å². The summed E-state index contributed by atoms with van der Waals surface area (Å²) < 4.78 is 0. The molecule has 0 N–H and O–H groups in total. The van der Waals surface area contributed by atoms with E-state index in [-0.39, 0.29) is 5.41 Å². The van der Waals surface area contributed by atoms with E-state index in [1.165, 1.54) is 55.2 Å². The molecule has 0 spiro atoms. The van der Waals surface area contributed by atoms with E-state index in [9.17, 15) is 0 Å². The molecule has 1 heterocycles.